The SMILES string of the molecule is CC(N)C(C)C(=O)Nc1nnc(-c2ccccn2)s1.Cl.Cl. The van der Waals surface area contributed by atoms with Crippen LogP contribution in [0.2, 0.25) is 0 Å². The Kier molecular flexibility index (Phi) is 8.34. The Morgan fingerprint density at radius 2 is 2.00 bits per heavy atom. The molecule has 0 fully saturated rings. The highest BCUT2D eigenvalue weighted by molar-refractivity contribution is 7.18. The summed E-state index contributed by atoms with van der Waals surface area (Å²) in [5.41, 5.74) is 6.42. The van der Waals surface area contributed by atoms with Crippen molar-refractivity contribution >= 4 is 47.2 Å². The van der Waals surface area contributed by atoms with Crippen LogP contribution in [0.5, 0.6) is 0 Å². The van der Waals surface area contributed by atoms with E-state index in [1.807, 2.05) is 18.2 Å². The number of pyridine rings is 1. The molecular formula is C12H17Cl2N5OS. The average Bonchev–Trinajstić information content (AvgIpc) is 2.87. The second kappa shape index (κ2) is 8.89. The van der Waals surface area contributed by atoms with E-state index in [1.54, 1.807) is 20.0 Å². The standard InChI is InChI=1S/C12H15N5OS.2ClH/c1-7(8(2)13)10(18)15-12-17-16-11(19-12)9-5-3-4-6-14-9;;/h3-8H,13H2,1-2H3,(H,15,17,18);2*1H. The lowest BCUT2D eigenvalue weighted by molar-refractivity contribution is -0.119. The molecule has 0 saturated heterocycles. The van der Waals surface area contributed by atoms with Gasteiger partial charge in [0.1, 0.15) is 5.69 Å². The lowest BCUT2D eigenvalue weighted by atomic mass is 10.0. The van der Waals surface area contributed by atoms with E-state index in [0.29, 0.717) is 10.1 Å². The van der Waals surface area contributed by atoms with Crippen molar-refractivity contribution in [1.29, 1.82) is 0 Å². The molecule has 2 unspecified atom stereocenters. The summed E-state index contributed by atoms with van der Waals surface area (Å²) >= 11 is 1.29. The number of nitrogens with one attached hydrogen (secondary N) is 1. The van der Waals surface area contributed by atoms with E-state index in [9.17, 15) is 4.79 Å². The monoisotopic (exact) mass is 349 g/mol. The van der Waals surface area contributed by atoms with Gasteiger partial charge in [0.15, 0.2) is 5.01 Å². The van der Waals surface area contributed by atoms with E-state index in [-0.39, 0.29) is 42.7 Å². The maximum absolute atomic E-state index is 11.8. The predicted molar refractivity (Wildman–Crippen MR) is 89.1 cm³/mol. The van der Waals surface area contributed by atoms with E-state index in [0.717, 1.165) is 5.69 Å². The number of anilines is 1. The highest BCUT2D eigenvalue weighted by Crippen LogP contribution is 2.24. The minimum Gasteiger partial charge on any atom is -0.327 e. The molecule has 0 radical (unpaired) electrons. The summed E-state index contributed by atoms with van der Waals surface area (Å²) < 4.78 is 0. The third-order valence-corrected chi connectivity index (χ3v) is 3.60. The maximum atomic E-state index is 11.8. The summed E-state index contributed by atoms with van der Waals surface area (Å²) in [5.74, 6) is -0.430. The fraction of sp³-hybridized carbons (Fsp3) is 0.333. The predicted octanol–water partition coefficient (Wildman–Crippen LogP) is 2.37. The van der Waals surface area contributed by atoms with Crippen LogP contribution >= 0.6 is 36.2 Å². The van der Waals surface area contributed by atoms with Gasteiger partial charge in [-0.05, 0) is 19.1 Å². The Morgan fingerprint density at radius 3 is 2.57 bits per heavy atom. The van der Waals surface area contributed by atoms with Gasteiger partial charge in [0, 0.05) is 12.2 Å². The highest BCUT2D eigenvalue weighted by atomic mass is 35.5. The van der Waals surface area contributed by atoms with E-state index in [2.05, 4.69) is 20.5 Å². The van der Waals surface area contributed by atoms with Crippen LogP contribution in [0.25, 0.3) is 10.7 Å². The molecule has 2 heterocycles. The zero-order chi connectivity index (χ0) is 13.8. The molecule has 21 heavy (non-hydrogen) atoms. The van der Waals surface area contributed by atoms with Gasteiger partial charge in [-0.3, -0.25) is 9.78 Å². The summed E-state index contributed by atoms with van der Waals surface area (Å²) in [5, 5.41) is 11.8. The lowest BCUT2D eigenvalue weighted by Crippen LogP contribution is -2.34. The first kappa shape index (κ1) is 19.7. The zero-order valence-corrected chi connectivity index (χ0v) is 14.0. The van der Waals surface area contributed by atoms with E-state index in [1.165, 1.54) is 11.3 Å². The number of nitrogens with two attached hydrogens (primary N) is 1. The molecule has 2 atom stereocenters. The van der Waals surface area contributed by atoms with Crippen LogP contribution in [0, 0.1) is 5.92 Å². The van der Waals surface area contributed by atoms with E-state index < -0.39 is 0 Å². The van der Waals surface area contributed by atoms with Gasteiger partial charge in [0.05, 0.1) is 5.92 Å². The Hall–Kier alpha value is -1.28. The van der Waals surface area contributed by atoms with Crippen molar-refractivity contribution in [3.05, 3.63) is 24.4 Å². The number of carbonyl (C=O) groups is 1. The summed E-state index contributed by atoms with van der Waals surface area (Å²) in [6.45, 7) is 3.57. The molecule has 2 aromatic rings. The Balaban J connectivity index is 0.00000200. The van der Waals surface area contributed by atoms with Gasteiger partial charge >= 0.3 is 0 Å². The molecule has 2 aromatic heterocycles. The van der Waals surface area contributed by atoms with Crippen LogP contribution in [0.4, 0.5) is 5.13 Å². The number of amides is 1. The average molecular weight is 350 g/mol. The molecule has 0 aromatic carbocycles. The van der Waals surface area contributed by atoms with Gasteiger partial charge in [0.25, 0.3) is 0 Å². The van der Waals surface area contributed by atoms with Gasteiger partial charge in [-0.1, -0.05) is 24.3 Å². The normalized spacial score (nSPS) is 12.5. The van der Waals surface area contributed by atoms with Crippen molar-refractivity contribution in [2.24, 2.45) is 11.7 Å². The topological polar surface area (TPSA) is 93.8 Å². The molecule has 0 aliphatic carbocycles. The molecular weight excluding hydrogens is 333 g/mol. The van der Waals surface area contributed by atoms with Gasteiger partial charge in [-0.15, -0.1) is 35.0 Å². The molecule has 0 saturated carbocycles. The largest absolute Gasteiger partial charge is 0.327 e. The third-order valence-electron chi connectivity index (χ3n) is 2.74. The third kappa shape index (κ3) is 5.20. The summed E-state index contributed by atoms with van der Waals surface area (Å²) in [7, 11) is 0. The molecule has 0 bridgehead atoms. The van der Waals surface area contributed by atoms with Gasteiger partial charge in [-0.25, -0.2) is 0 Å². The van der Waals surface area contributed by atoms with E-state index >= 15 is 0 Å². The highest BCUT2D eigenvalue weighted by Gasteiger charge is 2.18. The molecule has 0 aliphatic heterocycles. The first-order valence-electron chi connectivity index (χ1n) is 5.89. The first-order valence-corrected chi connectivity index (χ1v) is 6.71. The van der Waals surface area contributed by atoms with Crippen molar-refractivity contribution in [3.8, 4) is 10.7 Å². The second-order valence-corrected chi connectivity index (χ2v) is 5.24. The van der Waals surface area contributed by atoms with Gasteiger partial charge < -0.3 is 11.1 Å². The Bertz CT molecular complexity index is 564. The van der Waals surface area contributed by atoms with E-state index in [4.69, 9.17) is 5.73 Å². The number of carbonyl (C=O) groups excluding carboxylic acids is 1. The summed E-state index contributed by atoms with van der Waals surface area (Å²) in [6, 6.07) is 5.34. The van der Waals surface area contributed by atoms with Crippen LogP contribution in [0.3, 0.4) is 0 Å². The first-order chi connectivity index (χ1) is 9.08. The molecule has 116 valence electrons. The molecule has 0 aliphatic rings. The Morgan fingerprint density at radius 1 is 1.29 bits per heavy atom. The quantitative estimate of drug-likeness (QED) is 0.883. The number of hydrogen-bond donors (Lipinski definition) is 2. The van der Waals surface area contributed by atoms with Crippen molar-refractivity contribution in [1.82, 2.24) is 15.2 Å². The van der Waals surface area contributed by atoms with Crippen molar-refractivity contribution in [3.63, 3.8) is 0 Å². The second-order valence-electron chi connectivity index (χ2n) is 4.26. The fourth-order valence-corrected chi connectivity index (χ4v) is 2.05. The van der Waals surface area contributed by atoms with Crippen LogP contribution < -0.4 is 11.1 Å². The number of nitrogens with zero attached hydrogens (tertiary/aromatic N) is 3. The molecule has 2 rings (SSSR count). The van der Waals surface area contributed by atoms with Crippen LogP contribution in [0.1, 0.15) is 13.8 Å². The van der Waals surface area contributed by atoms with Crippen LogP contribution in [-0.2, 0) is 4.79 Å². The number of hydrogen-bond acceptors (Lipinski definition) is 6. The lowest BCUT2D eigenvalue weighted by Gasteiger charge is -2.13. The van der Waals surface area contributed by atoms with Gasteiger partial charge in [0.2, 0.25) is 11.0 Å². The molecule has 9 heteroatoms. The minimum absolute atomic E-state index is 0. The molecule has 3 N–H and O–H groups in total. The van der Waals surface area contributed by atoms with Crippen molar-refractivity contribution < 1.29 is 4.79 Å². The van der Waals surface area contributed by atoms with Crippen LogP contribution in [-0.4, -0.2) is 27.1 Å². The van der Waals surface area contributed by atoms with Gasteiger partial charge in [-0.2, -0.15) is 0 Å². The number of aromatic nitrogens is 3. The smallest absolute Gasteiger partial charge is 0.230 e. The summed E-state index contributed by atoms with van der Waals surface area (Å²) in [4.78, 5) is 16.0. The van der Waals surface area contributed by atoms with Crippen molar-refractivity contribution in [2.75, 3.05) is 5.32 Å². The van der Waals surface area contributed by atoms with Crippen LogP contribution in [0.15, 0.2) is 24.4 Å². The zero-order valence-electron chi connectivity index (χ0n) is 11.5. The molecule has 0 spiro atoms. The van der Waals surface area contributed by atoms with Crippen molar-refractivity contribution in [2.45, 2.75) is 19.9 Å². The summed E-state index contributed by atoms with van der Waals surface area (Å²) in [6.07, 6.45) is 1.69. The number of rotatable bonds is 4. The molecule has 6 nitrogen and oxygen atoms in total. The maximum Gasteiger partial charge on any atom is 0.230 e. The number of halogens is 2. The molecule has 1 amide bonds. The Labute approximate surface area is 139 Å². The minimum atomic E-state index is -0.276. The fourth-order valence-electron chi connectivity index (χ4n) is 1.32.